The Labute approximate surface area is 170 Å². The Kier molecular flexibility index (Phi) is 6.47. The molecule has 6 nitrogen and oxygen atoms in total. The van der Waals surface area contributed by atoms with Gasteiger partial charge in [0.2, 0.25) is 5.88 Å². The second-order valence-corrected chi connectivity index (χ2v) is 8.85. The molecule has 3 atom stereocenters. The highest BCUT2D eigenvalue weighted by molar-refractivity contribution is 7.11. The number of aromatic nitrogens is 2. The van der Waals surface area contributed by atoms with Gasteiger partial charge < -0.3 is 20.3 Å². The molecule has 3 N–H and O–H groups in total. The maximum absolute atomic E-state index is 12.7. The number of pyridine rings is 1. The van der Waals surface area contributed by atoms with Crippen LogP contribution in [0.25, 0.3) is 0 Å². The molecule has 2 aromatic rings. The van der Waals surface area contributed by atoms with Gasteiger partial charge in [0.25, 0.3) is 0 Å². The van der Waals surface area contributed by atoms with Gasteiger partial charge in [-0.3, -0.25) is 0 Å². The number of nitrogens with one attached hydrogen (secondary N) is 1. The third-order valence-corrected chi connectivity index (χ3v) is 6.18. The van der Waals surface area contributed by atoms with Crippen LogP contribution in [0.15, 0.2) is 18.3 Å². The minimum absolute atomic E-state index is 0.0715. The van der Waals surface area contributed by atoms with Gasteiger partial charge in [-0.1, -0.05) is 0 Å². The lowest BCUT2D eigenvalue weighted by atomic mass is 9.86. The summed E-state index contributed by atoms with van der Waals surface area (Å²) in [5.41, 5.74) is -0.439. The lowest BCUT2D eigenvalue weighted by Crippen LogP contribution is -2.38. The Balaban J connectivity index is 1.63. The minimum atomic E-state index is -4.45. The van der Waals surface area contributed by atoms with Crippen LogP contribution in [0, 0.1) is 19.3 Å². The molecule has 0 aliphatic heterocycles. The maximum Gasteiger partial charge on any atom is 0.417 e. The fourth-order valence-corrected chi connectivity index (χ4v) is 4.50. The van der Waals surface area contributed by atoms with Crippen molar-refractivity contribution in [1.29, 1.82) is 0 Å². The van der Waals surface area contributed by atoms with Crippen LogP contribution in [0.2, 0.25) is 0 Å². The number of nitrogens with zero attached hydrogens (tertiary/aromatic N) is 2. The first-order valence-electron chi connectivity index (χ1n) is 9.24. The third kappa shape index (κ3) is 5.44. The lowest BCUT2D eigenvalue weighted by molar-refractivity contribution is -0.137. The Morgan fingerprint density at radius 2 is 1.93 bits per heavy atom. The maximum atomic E-state index is 12.7. The minimum Gasteiger partial charge on any atom is -0.477 e. The van der Waals surface area contributed by atoms with Crippen molar-refractivity contribution in [2.75, 3.05) is 13.2 Å². The topological polar surface area (TPSA) is 87.5 Å². The van der Waals surface area contributed by atoms with Crippen molar-refractivity contribution in [3.05, 3.63) is 39.5 Å². The van der Waals surface area contributed by atoms with Gasteiger partial charge in [0.15, 0.2) is 0 Å². The number of rotatable bonds is 7. The van der Waals surface area contributed by atoms with Gasteiger partial charge in [0.1, 0.15) is 0 Å². The van der Waals surface area contributed by atoms with E-state index in [1.165, 1.54) is 6.07 Å². The summed E-state index contributed by atoms with van der Waals surface area (Å²) in [4.78, 5) is 9.23. The van der Waals surface area contributed by atoms with Crippen LogP contribution in [0.3, 0.4) is 0 Å². The molecule has 1 unspecified atom stereocenters. The number of hydrogen-bond acceptors (Lipinski definition) is 7. The summed E-state index contributed by atoms with van der Waals surface area (Å²) in [7, 11) is 0. The zero-order chi connectivity index (χ0) is 21.2. The van der Waals surface area contributed by atoms with Crippen molar-refractivity contribution >= 4 is 11.3 Å². The lowest BCUT2D eigenvalue weighted by Gasteiger charge is -2.29. The van der Waals surface area contributed by atoms with E-state index in [0.717, 1.165) is 27.8 Å². The second kappa shape index (κ2) is 8.55. The average Bonchev–Trinajstić information content (AvgIpc) is 3.11. The molecule has 0 spiro atoms. The van der Waals surface area contributed by atoms with E-state index in [-0.39, 0.29) is 12.5 Å². The Hall–Kier alpha value is -1.75. The number of thiazole rings is 1. The standard InChI is InChI=1S/C19H24F3N3O3S/c1-11-16(29-12(2)25-11)8-23-9-18(5-14(26)15(27)6-18)10-28-17-4-3-13(7-24-17)19(20,21)22/h3-4,7,14-15,23,26-27H,5-6,8-10H2,1-2H3/t14-,15+,18?. The number of alkyl halides is 3. The highest BCUT2D eigenvalue weighted by atomic mass is 32.1. The largest absolute Gasteiger partial charge is 0.477 e. The zero-order valence-electron chi connectivity index (χ0n) is 16.2. The first-order chi connectivity index (χ1) is 13.6. The van der Waals surface area contributed by atoms with Crippen molar-refractivity contribution in [2.24, 2.45) is 5.41 Å². The van der Waals surface area contributed by atoms with Crippen LogP contribution in [0.5, 0.6) is 5.88 Å². The van der Waals surface area contributed by atoms with Crippen molar-refractivity contribution < 1.29 is 28.1 Å². The summed E-state index contributed by atoms with van der Waals surface area (Å²) in [5.74, 6) is 0.0715. The van der Waals surface area contributed by atoms with Crippen molar-refractivity contribution in [3.8, 4) is 5.88 Å². The molecule has 2 aromatic heterocycles. The smallest absolute Gasteiger partial charge is 0.417 e. The average molecular weight is 431 g/mol. The molecule has 1 aliphatic carbocycles. The molecule has 0 amide bonds. The fourth-order valence-electron chi connectivity index (χ4n) is 3.60. The summed E-state index contributed by atoms with van der Waals surface area (Å²) in [6, 6.07) is 2.09. The first-order valence-corrected chi connectivity index (χ1v) is 10.1. The van der Waals surface area contributed by atoms with Gasteiger partial charge in [-0.05, 0) is 32.8 Å². The van der Waals surface area contributed by atoms with E-state index in [1.54, 1.807) is 11.3 Å². The van der Waals surface area contributed by atoms with Gasteiger partial charge in [-0.25, -0.2) is 9.97 Å². The van der Waals surface area contributed by atoms with Crippen LogP contribution < -0.4 is 10.1 Å². The van der Waals surface area contributed by atoms with Gasteiger partial charge in [0, 0.05) is 35.6 Å². The summed E-state index contributed by atoms with van der Waals surface area (Å²) >= 11 is 1.60. The molecule has 1 saturated carbocycles. The highest BCUT2D eigenvalue weighted by Gasteiger charge is 2.44. The Morgan fingerprint density at radius 3 is 2.45 bits per heavy atom. The Bertz CT molecular complexity index is 816. The van der Waals surface area contributed by atoms with E-state index >= 15 is 0 Å². The zero-order valence-corrected chi connectivity index (χ0v) is 17.0. The number of halogens is 3. The van der Waals surface area contributed by atoms with Crippen molar-refractivity contribution in [3.63, 3.8) is 0 Å². The van der Waals surface area contributed by atoms with E-state index in [0.29, 0.717) is 25.9 Å². The van der Waals surface area contributed by atoms with E-state index in [9.17, 15) is 23.4 Å². The molecule has 10 heteroatoms. The molecular weight excluding hydrogens is 407 g/mol. The van der Waals surface area contributed by atoms with Crippen LogP contribution >= 0.6 is 11.3 Å². The van der Waals surface area contributed by atoms with Gasteiger partial charge >= 0.3 is 6.18 Å². The van der Waals surface area contributed by atoms with Gasteiger partial charge in [-0.2, -0.15) is 13.2 Å². The molecule has 2 heterocycles. The molecule has 0 aromatic carbocycles. The molecular formula is C19H24F3N3O3S. The number of ether oxygens (including phenoxy) is 1. The van der Waals surface area contributed by atoms with Crippen LogP contribution in [-0.4, -0.2) is 45.5 Å². The molecule has 29 heavy (non-hydrogen) atoms. The van der Waals surface area contributed by atoms with Gasteiger partial charge in [-0.15, -0.1) is 11.3 Å². The molecule has 0 saturated heterocycles. The monoisotopic (exact) mass is 431 g/mol. The number of aliphatic hydroxyl groups is 2. The van der Waals surface area contributed by atoms with E-state index in [1.807, 2.05) is 13.8 Å². The quantitative estimate of drug-likeness (QED) is 0.625. The van der Waals surface area contributed by atoms with E-state index < -0.39 is 29.4 Å². The summed E-state index contributed by atoms with van der Waals surface area (Å²) in [5, 5.41) is 24.4. The normalized spacial score (nSPS) is 24.8. The first kappa shape index (κ1) is 21.9. The predicted octanol–water partition coefficient (Wildman–Crippen LogP) is 2.84. The number of aryl methyl sites for hydroxylation is 2. The van der Waals surface area contributed by atoms with E-state index in [4.69, 9.17) is 4.74 Å². The van der Waals surface area contributed by atoms with Crippen molar-refractivity contribution in [1.82, 2.24) is 15.3 Å². The van der Waals surface area contributed by atoms with Crippen molar-refractivity contribution in [2.45, 2.75) is 51.6 Å². The fraction of sp³-hybridized carbons (Fsp3) is 0.579. The third-order valence-electron chi connectivity index (χ3n) is 5.10. The second-order valence-electron chi connectivity index (χ2n) is 7.56. The summed E-state index contributed by atoms with van der Waals surface area (Å²) in [6.07, 6.45) is -4.82. The molecule has 0 radical (unpaired) electrons. The Morgan fingerprint density at radius 1 is 1.24 bits per heavy atom. The molecule has 160 valence electrons. The molecule has 0 bridgehead atoms. The summed E-state index contributed by atoms with van der Waals surface area (Å²) < 4.78 is 43.6. The highest BCUT2D eigenvalue weighted by Crippen LogP contribution is 2.39. The number of hydrogen-bond donors (Lipinski definition) is 3. The molecule has 1 fully saturated rings. The van der Waals surface area contributed by atoms with E-state index in [2.05, 4.69) is 15.3 Å². The van der Waals surface area contributed by atoms with Gasteiger partial charge in [0.05, 0.1) is 35.1 Å². The SMILES string of the molecule is Cc1nc(C)c(CNCC2(COc3ccc(C(F)(F)F)cn3)C[C@@H](O)[C@@H](O)C2)s1. The van der Waals surface area contributed by atoms with Crippen LogP contribution in [-0.2, 0) is 12.7 Å². The van der Waals surface area contributed by atoms with Crippen LogP contribution in [0.4, 0.5) is 13.2 Å². The predicted molar refractivity (Wildman–Crippen MR) is 102 cm³/mol. The summed E-state index contributed by atoms with van der Waals surface area (Å²) in [6.45, 7) is 5.07. The number of aliphatic hydroxyl groups excluding tert-OH is 2. The molecule has 3 rings (SSSR count). The van der Waals surface area contributed by atoms with Crippen LogP contribution in [0.1, 0.15) is 34.0 Å². The molecule has 1 aliphatic rings.